The van der Waals surface area contributed by atoms with Crippen LogP contribution in [0.1, 0.15) is 93.1 Å². The monoisotopic (exact) mass is 575 g/mol. The van der Waals surface area contributed by atoms with Crippen molar-refractivity contribution >= 4 is 11.9 Å². The van der Waals surface area contributed by atoms with Crippen LogP contribution < -0.4 is 29.6 Å². The van der Waals surface area contributed by atoms with Crippen LogP contribution in [-0.2, 0) is 11.2 Å². The summed E-state index contributed by atoms with van der Waals surface area (Å²) in [6.07, 6.45) is 0.722. The summed E-state index contributed by atoms with van der Waals surface area (Å²) in [5, 5.41) is 34.3. The summed E-state index contributed by atoms with van der Waals surface area (Å²) in [5.74, 6) is -1.75. The summed E-state index contributed by atoms with van der Waals surface area (Å²) in [7, 11) is 0. The van der Waals surface area contributed by atoms with Gasteiger partial charge in [-0.25, -0.2) is 9.07 Å². The quantitative estimate of drug-likeness (QED) is 0.302. The van der Waals surface area contributed by atoms with E-state index in [-0.39, 0.29) is 67.5 Å². The number of aliphatic hydroxyl groups excluding tert-OH is 2. The zero-order valence-electron chi connectivity index (χ0n) is 25.0. The molecule has 10 heteroatoms. The molecule has 1 fully saturated rings. The van der Waals surface area contributed by atoms with Crippen LogP contribution in [0.2, 0.25) is 0 Å². The predicted octanol–water partition coefficient (Wildman–Crippen LogP) is 2.14. The molecule has 0 spiro atoms. The van der Waals surface area contributed by atoms with Gasteiger partial charge in [-0.2, -0.15) is 5.10 Å². The summed E-state index contributed by atoms with van der Waals surface area (Å²) in [6.45, 7) is 4.60. The predicted molar refractivity (Wildman–Crippen MR) is 150 cm³/mol. The fourth-order valence-electron chi connectivity index (χ4n) is 5.62. The van der Waals surface area contributed by atoms with E-state index in [2.05, 4.69) is 0 Å². The minimum atomic E-state index is -1.16. The molecule has 216 valence electrons. The molecule has 1 aliphatic rings. The van der Waals surface area contributed by atoms with Gasteiger partial charge in [0.15, 0.2) is 5.69 Å². The number of aromatic nitrogens is 2. The third-order valence-corrected chi connectivity index (χ3v) is 7.49. The van der Waals surface area contributed by atoms with Gasteiger partial charge in [0.05, 0.1) is 30.4 Å². The fourth-order valence-corrected chi connectivity index (χ4v) is 5.62. The first-order valence-electron chi connectivity index (χ1n) is 14.0. The van der Waals surface area contributed by atoms with Gasteiger partial charge < -0.3 is 21.6 Å². The number of aliphatic hydroxyl groups is 2. The molecule has 3 aromatic rings. The Morgan fingerprint density at radius 3 is 2.37 bits per heavy atom. The minimum Gasteiger partial charge on any atom is -1.00 e. The third-order valence-electron chi connectivity index (χ3n) is 7.49. The molecule has 3 N–H and O–H groups in total. The van der Waals surface area contributed by atoms with Gasteiger partial charge in [-0.05, 0) is 74.3 Å². The molecule has 0 radical (unpaired) electrons. The average molecular weight is 576 g/mol. The molecular formula is C31H39FN3NaO5. The Labute approximate surface area is 264 Å². The van der Waals surface area contributed by atoms with Crippen LogP contribution in [0.5, 0.6) is 0 Å². The number of amides is 1. The number of carboxylic acids is 1. The van der Waals surface area contributed by atoms with E-state index >= 15 is 0 Å². The SMILES string of the molecule is CC(C)c1c(C(=O)N2CCCCC2c2ccccc2)nn(-c2ccc(F)cc2)c1CC[C@@H](O)C[C@@H](O)CC(=O)O.[H-].[Na+]. The van der Waals surface area contributed by atoms with Crippen LogP contribution in [-0.4, -0.2) is 60.6 Å². The van der Waals surface area contributed by atoms with Gasteiger partial charge in [0.1, 0.15) is 5.82 Å². The first-order chi connectivity index (χ1) is 19.2. The van der Waals surface area contributed by atoms with Crippen LogP contribution in [0.4, 0.5) is 4.39 Å². The topological polar surface area (TPSA) is 116 Å². The fraction of sp³-hybridized carbons (Fsp3) is 0.452. The largest absolute Gasteiger partial charge is 1.00 e. The first-order valence-corrected chi connectivity index (χ1v) is 14.0. The van der Waals surface area contributed by atoms with Crippen molar-refractivity contribution in [2.75, 3.05) is 6.54 Å². The van der Waals surface area contributed by atoms with Crippen molar-refractivity contribution in [2.24, 2.45) is 0 Å². The van der Waals surface area contributed by atoms with Gasteiger partial charge in [-0.3, -0.25) is 9.59 Å². The molecule has 0 aliphatic carbocycles. The smallest absolute Gasteiger partial charge is 1.00 e. The number of carbonyl (C=O) groups excluding carboxylic acids is 1. The van der Waals surface area contributed by atoms with E-state index in [9.17, 15) is 24.2 Å². The number of aliphatic carboxylic acids is 1. The zero-order chi connectivity index (χ0) is 28.8. The van der Waals surface area contributed by atoms with Crippen LogP contribution >= 0.6 is 0 Å². The van der Waals surface area contributed by atoms with Crippen molar-refractivity contribution in [3.8, 4) is 5.69 Å². The number of carboxylic acid groups (broad SMARTS) is 1. The summed E-state index contributed by atoms with van der Waals surface area (Å²) >= 11 is 0. The van der Waals surface area contributed by atoms with Crippen LogP contribution in [0.15, 0.2) is 54.6 Å². The molecule has 0 bridgehead atoms. The molecular weight excluding hydrogens is 536 g/mol. The number of likely N-dealkylation sites (tertiary alicyclic amines) is 1. The van der Waals surface area contributed by atoms with Gasteiger partial charge in [0.25, 0.3) is 5.91 Å². The molecule has 1 aliphatic heterocycles. The molecule has 1 saturated heterocycles. The Morgan fingerprint density at radius 2 is 1.73 bits per heavy atom. The van der Waals surface area contributed by atoms with E-state index in [1.165, 1.54) is 12.1 Å². The van der Waals surface area contributed by atoms with Crippen molar-refractivity contribution < 1.29 is 60.3 Å². The molecule has 1 unspecified atom stereocenters. The molecule has 0 saturated carbocycles. The van der Waals surface area contributed by atoms with Crippen molar-refractivity contribution in [3.63, 3.8) is 0 Å². The maximum absolute atomic E-state index is 14.2. The van der Waals surface area contributed by atoms with Crippen LogP contribution in [0.25, 0.3) is 5.69 Å². The normalized spacial score (nSPS) is 16.7. The number of benzene rings is 2. The molecule has 41 heavy (non-hydrogen) atoms. The number of carbonyl (C=O) groups is 2. The summed E-state index contributed by atoms with van der Waals surface area (Å²) in [6, 6.07) is 15.8. The first kappa shape index (κ1) is 32.9. The second-order valence-corrected chi connectivity index (χ2v) is 10.9. The number of halogens is 1. The molecule has 2 aromatic carbocycles. The van der Waals surface area contributed by atoms with Gasteiger partial charge in [-0.1, -0.05) is 44.2 Å². The summed E-state index contributed by atoms with van der Waals surface area (Å²) in [4.78, 5) is 27.0. The molecule has 8 nitrogen and oxygen atoms in total. The average Bonchev–Trinajstić information content (AvgIpc) is 3.31. The minimum absolute atomic E-state index is 0. The molecule has 3 atom stereocenters. The van der Waals surface area contributed by atoms with Crippen LogP contribution in [0.3, 0.4) is 0 Å². The standard InChI is InChI=1S/C31H38FN3O5.Na.H/c1-20(2)29-27(16-15-24(36)18-25(37)19-28(38)39)35(23-13-11-22(32)12-14-23)33-30(29)31(40)34-17-7-6-10-26(34)21-8-4-3-5-9-21;;/h3-5,8-9,11-14,20,24-26,36-37H,6-7,10,15-19H2,1-2H3,(H,38,39);;/q;+1;-1/t24-,25-,26?;;/m1../s1. The second kappa shape index (κ2) is 15.1. The van der Waals surface area contributed by atoms with Gasteiger partial charge in [0, 0.05) is 17.8 Å². The molecule has 1 aromatic heterocycles. The van der Waals surface area contributed by atoms with Crippen molar-refractivity contribution in [2.45, 2.75) is 83.0 Å². The van der Waals surface area contributed by atoms with E-state index in [1.54, 1.807) is 16.8 Å². The van der Waals surface area contributed by atoms with Crippen molar-refractivity contribution in [3.05, 3.63) is 82.9 Å². The molecule has 4 rings (SSSR count). The summed E-state index contributed by atoms with van der Waals surface area (Å²) < 4.78 is 15.4. The Morgan fingerprint density at radius 1 is 1.05 bits per heavy atom. The Balaban J connectivity index is 0.00000308. The number of hydrogen-bond donors (Lipinski definition) is 3. The Kier molecular flexibility index (Phi) is 12.1. The van der Waals surface area contributed by atoms with Crippen LogP contribution in [0, 0.1) is 5.82 Å². The number of rotatable bonds is 11. The van der Waals surface area contributed by atoms with Gasteiger partial charge in [0.2, 0.25) is 0 Å². The zero-order valence-corrected chi connectivity index (χ0v) is 26.0. The summed E-state index contributed by atoms with van der Waals surface area (Å²) in [5.41, 5.74) is 3.52. The van der Waals surface area contributed by atoms with Crippen molar-refractivity contribution in [1.29, 1.82) is 0 Å². The Bertz CT molecular complexity index is 1310. The third kappa shape index (κ3) is 8.26. The Hall–Kier alpha value is -2.56. The van der Waals surface area contributed by atoms with Crippen molar-refractivity contribution in [1.82, 2.24) is 14.7 Å². The van der Waals surface area contributed by atoms with E-state index < -0.39 is 24.6 Å². The maximum atomic E-state index is 14.2. The van der Waals surface area contributed by atoms with Gasteiger partial charge in [-0.15, -0.1) is 0 Å². The second-order valence-electron chi connectivity index (χ2n) is 10.9. The molecule has 1 amide bonds. The van der Waals surface area contributed by atoms with Gasteiger partial charge >= 0.3 is 35.5 Å². The maximum Gasteiger partial charge on any atom is 1.00 e. The number of nitrogens with zero attached hydrogens (tertiary/aromatic N) is 3. The van der Waals surface area contributed by atoms with E-state index in [0.717, 1.165) is 36.1 Å². The number of hydrogen-bond acceptors (Lipinski definition) is 5. The number of piperidine rings is 1. The molecule has 2 heterocycles. The van der Waals surface area contributed by atoms with E-state index in [1.807, 2.05) is 49.1 Å². The van der Waals surface area contributed by atoms with E-state index in [4.69, 9.17) is 10.2 Å². The van der Waals surface area contributed by atoms with E-state index in [0.29, 0.717) is 24.3 Å².